The smallest absolute Gasteiger partial charge is 0.243 e. The lowest BCUT2D eigenvalue weighted by Crippen LogP contribution is -2.39. The third kappa shape index (κ3) is 4.11. The molecule has 0 saturated carbocycles. The highest BCUT2D eigenvalue weighted by Crippen LogP contribution is 2.25. The summed E-state index contributed by atoms with van der Waals surface area (Å²) in [6, 6.07) is 18.8. The van der Waals surface area contributed by atoms with Crippen molar-refractivity contribution >= 4 is 26.7 Å². The zero-order valence-corrected chi connectivity index (χ0v) is 18.1. The van der Waals surface area contributed by atoms with Crippen molar-refractivity contribution in [1.82, 2.24) is 9.62 Å². The Labute approximate surface area is 177 Å². The van der Waals surface area contributed by atoms with E-state index in [2.05, 4.69) is 17.4 Å². The molecule has 3 aromatic rings. The lowest BCUT2D eigenvalue weighted by molar-refractivity contribution is -0.121. The molecule has 156 valence electrons. The number of likely N-dealkylation sites (N-methyl/N-ethyl adjacent to an activating group) is 1. The molecule has 1 unspecified atom stereocenters. The first-order valence-corrected chi connectivity index (χ1v) is 11.6. The maximum Gasteiger partial charge on any atom is 0.243 e. The number of carbonyl (C=O) groups is 1. The molecule has 1 aliphatic rings. The van der Waals surface area contributed by atoms with Crippen molar-refractivity contribution in [3.63, 3.8) is 0 Å². The average Bonchev–Trinajstić information content (AvgIpc) is 3.21. The largest absolute Gasteiger partial charge is 0.348 e. The van der Waals surface area contributed by atoms with Crippen molar-refractivity contribution in [2.24, 2.45) is 0 Å². The Morgan fingerprint density at radius 1 is 1.00 bits per heavy atom. The van der Waals surface area contributed by atoms with E-state index in [-0.39, 0.29) is 23.4 Å². The molecule has 0 saturated heterocycles. The first-order valence-electron chi connectivity index (χ1n) is 10.2. The van der Waals surface area contributed by atoms with E-state index in [1.165, 1.54) is 24.6 Å². The van der Waals surface area contributed by atoms with Gasteiger partial charge in [-0.25, -0.2) is 8.42 Å². The highest BCUT2D eigenvalue weighted by molar-refractivity contribution is 7.89. The van der Waals surface area contributed by atoms with Crippen LogP contribution >= 0.6 is 0 Å². The molecule has 1 N–H and O–H groups in total. The van der Waals surface area contributed by atoms with Gasteiger partial charge in [-0.1, -0.05) is 48.5 Å². The maximum atomic E-state index is 12.9. The molecule has 0 spiro atoms. The van der Waals surface area contributed by atoms with E-state index in [9.17, 15) is 13.2 Å². The lowest BCUT2D eigenvalue weighted by atomic mass is 10.0. The van der Waals surface area contributed by atoms with E-state index in [4.69, 9.17) is 0 Å². The number of amides is 1. The number of nitrogens with zero attached hydrogens (tertiary/aromatic N) is 1. The van der Waals surface area contributed by atoms with Crippen molar-refractivity contribution < 1.29 is 13.2 Å². The van der Waals surface area contributed by atoms with E-state index < -0.39 is 10.0 Å². The minimum Gasteiger partial charge on any atom is -0.348 e. The van der Waals surface area contributed by atoms with Crippen LogP contribution in [0.5, 0.6) is 0 Å². The first-order chi connectivity index (χ1) is 14.3. The molecule has 6 heteroatoms. The Kier molecular flexibility index (Phi) is 5.62. The van der Waals surface area contributed by atoms with Crippen LogP contribution in [0.3, 0.4) is 0 Å². The second kappa shape index (κ2) is 8.20. The van der Waals surface area contributed by atoms with Gasteiger partial charge in [0.05, 0.1) is 17.5 Å². The van der Waals surface area contributed by atoms with Gasteiger partial charge >= 0.3 is 0 Å². The van der Waals surface area contributed by atoms with Crippen LogP contribution in [0.2, 0.25) is 0 Å². The summed E-state index contributed by atoms with van der Waals surface area (Å²) in [5.41, 5.74) is 3.78. The molecule has 5 nitrogen and oxygen atoms in total. The molecule has 0 aliphatic heterocycles. The van der Waals surface area contributed by atoms with E-state index in [1.54, 1.807) is 18.2 Å². The molecule has 1 amide bonds. The van der Waals surface area contributed by atoms with E-state index in [0.29, 0.717) is 0 Å². The third-order valence-corrected chi connectivity index (χ3v) is 7.59. The second-order valence-corrected chi connectivity index (χ2v) is 9.99. The van der Waals surface area contributed by atoms with Crippen LogP contribution in [-0.2, 0) is 27.7 Å². The van der Waals surface area contributed by atoms with Crippen LogP contribution in [0.15, 0.2) is 65.6 Å². The van der Waals surface area contributed by atoms with Gasteiger partial charge in [-0.2, -0.15) is 4.31 Å². The molecule has 30 heavy (non-hydrogen) atoms. The fourth-order valence-corrected chi connectivity index (χ4v) is 5.19. The quantitative estimate of drug-likeness (QED) is 0.657. The number of rotatable bonds is 6. The highest BCUT2D eigenvalue weighted by atomic mass is 32.2. The van der Waals surface area contributed by atoms with Crippen LogP contribution in [0.25, 0.3) is 10.8 Å². The van der Waals surface area contributed by atoms with Crippen molar-refractivity contribution in [3.8, 4) is 0 Å². The number of carbonyl (C=O) groups excluding carboxylic acids is 1. The SMILES string of the molecule is CC(NC(=O)CN(C)S(=O)(=O)c1ccc2ccccc2c1)c1ccc2c(c1)CCC2. The summed E-state index contributed by atoms with van der Waals surface area (Å²) in [7, 11) is -2.33. The molecule has 0 heterocycles. The summed E-state index contributed by atoms with van der Waals surface area (Å²) in [5.74, 6) is -0.324. The fourth-order valence-electron chi connectivity index (χ4n) is 4.03. The van der Waals surface area contributed by atoms with Crippen LogP contribution in [0.1, 0.15) is 36.1 Å². The van der Waals surface area contributed by atoms with E-state index in [0.717, 1.165) is 33.5 Å². The Morgan fingerprint density at radius 3 is 2.53 bits per heavy atom. The Balaban J connectivity index is 1.44. The normalized spacial score (nSPS) is 14.6. The number of hydrogen-bond acceptors (Lipinski definition) is 3. The zero-order valence-electron chi connectivity index (χ0n) is 17.3. The zero-order chi connectivity index (χ0) is 21.3. The molecular formula is C24H26N2O3S. The second-order valence-electron chi connectivity index (χ2n) is 7.94. The number of aryl methyl sites for hydroxylation is 2. The third-order valence-electron chi connectivity index (χ3n) is 5.80. The molecule has 4 rings (SSSR count). The molecule has 0 bridgehead atoms. The van der Waals surface area contributed by atoms with Gasteiger partial charge in [0, 0.05) is 7.05 Å². The number of fused-ring (bicyclic) bond motifs is 2. The highest BCUT2D eigenvalue weighted by Gasteiger charge is 2.24. The van der Waals surface area contributed by atoms with Gasteiger partial charge in [0.15, 0.2) is 0 Å². The fraction of sp³-hybridized carbons (Fsp3) is 0.292. The first kappa shape index (κ1) is 20.6. The number of sulfonamides is 1. The summed E-state index contributed by atoms with van der Waals surface area (Å²) >= 11 is 0. The van der Waals surface area contributed by atoms with Crippen molar-refractivity contribution in [3.05, 3.63) is 77.4 Å². The predicted octanol–water partition coefficient (Wildman–Crippen LogP) is 3.83. The minimum atomic E-state index is -3.76. The van der Waals surface area contributed by atoms with Gasteiger partial charge < -0.3 is 5.32 Å². The molecule has 3 aromatic carbocycles. The molecule has 0 radical (unpaired) electrons. The summed E-state index contributed by atoms with van der Waals surface area (Å²) in [5, 5.41) is 4.75. The molecule has 1 aliphatic carbocycles. The maximum absolute atomic E-state index is 12.9. The lowest BCUT2D eigenvalue weighted by Gasteiger charge is -2.20. The van der Waals surface area contributed by atoms with E-state index in [1.807, 2.05) is 37.3 Å². The molecular weight excluding hydrogens is 396 g/mol. The molecule has 1 atom stereocenters. The monoisotopic (exact) mass is 422 g/mol. The van der Waals surface area contributed by atoms with Crippen LogP contribution in [-0.4, -0.2) is 32.2 Å². The van der Waals surface area contributed by atoms with Crippen LogP contribution in [0.4, 0.5) is 0 Å². The van der Waals surface area contributed by atoms with Gasteiger partial charge in [0.1, 0.15) is 0 Å². The van der Waals surface area contributed by atoms with Crippen molar-refractivity contribution in [2.75, 3.05) is 13.6 Å². The standard InChI is InChI=1S/C24H26N2O3S/c1-17(20-11-10-19-8-5-9-21(19)14-20)25-24(27)16-26(2)30(28,29)23-13-12-18-6-3-4-7-22(18)15-23/h3-4,6-7,10-15,17H,5,8-9,16H2,1-2H3,(H,25,27). The van der Waals surface area contributed by atoms with Crippen LogP contribution in [0, 0.1) is 0 Å². The summed E-state index contributed by atoms with van der Waals surface area (Å²) < 4.78 is 27.0. The number of nitrogens with one attached hydrogen (secondary N) is 1. The summed E-state index contributed by atoms with van der Waals surface area (Å²) in [6.45, 7) is 1.69. The molecule has 0 aromatic heterocycles. The topological polar surface area (TPSA) is 66.5 Å². The van der Waals surface area contributed by atoms with Gasteiger partial charge in [-0.3, -0.25) is 4.79 Å². The Bertz CT molecular complexity index is 1200. The van der Waals surface area contributed by atoms with Gasteiger partial charge in [-0.15, -0.1) is 0 Å². The van der Waals surface area contributed by atoms with Crippen LogP contribution < -0.4 is 5.32 Å². The van der Waals surface area contributed by atoms with Gasteiger partial charge in [0.2, 0.25) is 15.9 Å². The van der Waals surface area contributed by atoms with Gasteiger partial charge in [-0.05, 0) is 65.8 Å². The number of benzene rings is 3. The van der Waals surface area contributed by atoms with E-state index >= 15 is 0 Å². The summed E-state index contributed by atoms with van der Waals surface area (Å²) in [4.78, 5) is 12.7. The van der Waals surface area contributed by atoms with Gasteiger partial charge in [0.25, 0.3) is 0 Å². The Hall–Kier alpha value is -2.70. The Morgan fingerprint density at radius 2 is 1.73 bits per heavy atom. The molecule has 0 fully saturated rings. The average molecular weight is 423 g/mol. The number of hydrogen-bond donors (Lipinski definition) is 1. The predicted molar refractivity (Wildman–Crippen MR) is 119 cm³/mol. The minimum absolute atomic E-state index is 0.180. The van der Waals surface area contributed by atoms with Crippen molar-refractivity contribution in [1.29, 1.82) is 0 Å². The summed E-state index contributed by atoms with van der Waals surface area (Å²) in [6.07, 6.45) is 3.38. The van der Waals surface area contributed by atoms with Crippen molar-refractivity contribution in [2.45, 2.75) is 37.1 Å².